The quantitative estimate of drug-likeness (QED) is 0.639. The molecule has 0 aliphatic rings. The Morgan fingerprint density at radius 3 is 2.48 bits per heavy atom. The number of amides is 1. The number of halogens is 2. The Labute approximate surface area is 136 Å². The Kier molecular flexibility index (Phi) is 5.15. The summed E-state index contributed by atoms with van der Waals surface area (Å²) in [5.74, 6) is -0.492. The van der Waals surface area contributed by atoms with Gasteiger partial charge in [0, 0.05) is 4.47 Å². The molecule has 0 saturated heterocycles. The molecule has 0 atom stereocenters. The molecule has 0 aliphatic carbocycles. The normalized spacial score (nSPS) is 10.8. The fourth-order valence-corrected chi connectivity index (χ4v) is 2.07. The molecule has 0 bridgehead atoms. The highest BCUT2D eigenvalue weighted by Gasteiger charge is 2.11. The molecule has 0 aliphatic heterocycles. The molecule has 0 unspecified atom stereocenters. The van der Waals surface area contributed by atoms with E-state index in [4.69, 9.17) is 16.9 Å². The largest absolute Gasteiger partial charge is 0.320 e. The molecule has 1 N–H and O–H groups in total. The van der Waals surface area contributed by atoms with Crippen LogP contribution in [0.1, 0.15) is 5.56 Å². The van der Waals surface area contributed by atoms with Gasteiger partial charge in [0.15, 0.2) is 0 Å². The van der Waals surface area contributed by atoms with E-state index in [-0.39, 0.29) is 5.57 Å². The molecule has 104 valence electrons. The summed E-state index contributed by atoms with van der Waals surface area (Å²) in [6.45, 7) is 0. The van der Waals surface area contributed by atoms with Crippen LogP contribution in [0.25, 0.3) is 6.08 Å². The number of hydrogen-bond donors (Lipinski definition) is 1. The van der Waals surface area contributed by atoms with Crippen LogP contribution in [0.4, 0.5) is 5.69 Å². The summed E-state index contributed by atoms with van der Waals surface area (Å²) in [5, 5.41) is 12.2. The Morgan fingerprint density at radius 2 is 1.86 bits per heavy atom. The van der Waals surface area contributed by atoms with E-state index in [9.17, 15) is 4.79 Å². The van der Waals surface area contributed by atoms with Crippen molar-refractivity contribution >= 4 is 45.2 Å². The van der Waals surface area contributed by atoms with Crippen molar-refractivity contribution in [2.75, 3.05) is 5.32 Å². The number of para-hydroxylation sites is 1. The van der Waals surface area contributed by atoms with Gasteiger partial charge in [0.25, 0.3) is 5.91 Å². The minimum atomic E-state index is -0.492. The molecule has 5 heteroatoms. The lowest BCUT2D eigenvalue weighted by Gasteiger charge is -2.06. The molecule has 2 rings (SSSR count). The summed E-state index contributed by atoms with van der Waals surface area (Å²) in [7, 11) is 0. The van der Waals surface area contributed by atoms with Crippen LogP contribution in [-0.4, -0.2) is 5.91 Å². The van der Waals surface area contributed by atoms with Gasteiger partial charge in [-0.05, 0) is 35.9 Å². The van der Waals surface area contributed by atoms with Crippen molar-refractivity contribution in [3.05, 3.63) is 69.2 Å². The van der Waals surface area contributed by atoms with Crippen LogP contribution < -0.4 is 5.32 Å². The van der Waals surface area contributed by atoms with Crippen molar-refractivity contribution in [2.45, 2.75) is 0 Å². The van der Waals surface area contributed by atoms with Crippen LogP contribution >= 0.6 is 27.5 Å². The van der Waals surface area contributed by atoms with Crippen LogP contribution in [-0.2, 0) is 4.79 Å². The van der Waals surface area contributed by atoms with Crippen molar-refractivity contribution in [2.24, 2.45) is 0 Å². The lowest BCUT2D eigenvalue weighted by molar-refractivity contribution is -0.112. The number of nitriles is 1. The molecular weight excluding hydrogens is 352 g/mol. The molecule has 0 saturated carbocycles. The predicted molar refractivity (Wildman–Crippen MR) is 87.8 cm³/mol. The summed E-state index contributed by atoms with van der Waals surface area (Å²) in [6.07, 6.45) is 1.53. The summed E-state index contributed by atoms with van der Waals surface area (Å²) in [5.41, 5.74) is 1.25. The summed E-state index contributed by atoms with van der Waals surface area (Å²) in [6, 6.07) is 16.1. The number of carbonyl (C=O) groups excluding carboxylic acids is 1. The van der Waals surface area contributed by atoms with E-state index >= 15 is 0 Å². The minimum Gasteiger partial charge on any atom is -0.320 e. The number of benzene rings is 2. The second-order valence-electron chi connectivity index (χ2n) is 4.16. The van der Waals surface area contributed by atoms with Gasteiger partial charge in [-0.2, -0.15) is 5.26 Å². The Morgan fingerprint density at radius 1 is 1.19 bits per heavy atom. The van der Waals surface area contributed by atoms with E-state index < -0.39 is 5.91 Å². The van der Waals surface area contributed by atoms with Crippen molar-refractivity contribution in [1.82, 2.24) is 0 Å². The molecular formula is C16H10BrClN2O. The molecule has 0 aromatic heterocycles. The van der Waals surface area contributed by atoms with Gasteiger partial charge < -0.3 is 5.32 Å². The van der Waals surface area contributed by atoms with Crippen molar-refractivity contribution < 1.29 is 4.79 Å². The number of carbonyl (C=O) groups is 1. The van der Waals surface area contributed by atoms with Gasteiger partial charge in [-0.25, -0.2) is 0 Å². The van der Waals surface area contributed by atoms with Crippen LogP contribution in [0.2, 0.25) is 5.02 Å². The van der Waals surface area contributed by atoms with Crippen molar-refractivity contribution in [3.63, 3.8) is 0 Å². The maximum atomic E-state index is 12.1. The van der Waals surface area contributed by atoms with E-state index in [1.165, 1.54) is 6.08 Å². The molecule has 0 spiro atoms. The lowest BCUT2D eigenvalue weighted by Crippen LogP contribution is -2.13. The SMILES string of the molecule is N#C/C(=C\c1ccc(Br)cc1)C(=O)Nc1ccccc1Cl. The maximum absolute atomic E-state index is 12.1. The lowest BCUT2D eigenvalue weighted by atomic mass is 10.1. The highest BCUT2D eigenvalue weighted by atomic mass is 79.9. The standard InChI is InChI=1S/C16H10BrClN2O/c17-13-7-5-11(6-8-13)9-12(10-19)16(21)20-15-4-2-1-3-14(15)18/h1-9H,(H,20,21)/b12-9+. The highest BCUT2D eigenvalue weighted by Crippen LogP contribution is 2.21. The first-order valence-corrected chi connectivity index (χ1v) is 7.20. The minimum absolute atomic E-state index is 0.0113. The zero-order chi connectivity index (χ0) is 15.2. The maximum Gasteiger partial charge on any atom is 0.266 e. The zero-order valence-corrected chi connectivity index (χ0v) is 13.1. The number of nitrogens with zero attached hydrogens (tertiary/aromatic N) is 1. The highest BCUT2D eigenvalue weighted by molar-refractivity contribution is 9.10. The second kappa shape index (κ2) is 7.07. The Balaban J connectivity index is 2.21. The smallest absolute Gasteiger partial charge is 0.266 e. The van der Waals surface area contributed by atoms with E-state index in [1.807, 2.05) is 30.3 Å². The van der Waals surface area contributed by atoms with Crippen molar-refractivity contribution in [1.29, 1.82) is 5.26 Å². The molecule has 0 radical (unpaired) electrons. The number of rotatable bonds is 3. The third-order valence-corrected chi connectivity index (χ3v) is 3.53. The summed E-state index contributed by atoms with van der Waals surface area (Å²) in [4.78, 5) is 12.1. The Bertz CT molecular complexity index is 733. The third kappa shape index (κ3) is 4.19. The summed E-state index contributed by atoms with van der Waals surface area (Å²) < 4.78 is 0.929. The molecule has 2 aromatic rings. The molecule has 0 heterocycles. The van der Waals surface area contributed by atoms with Crippen LogP contribution in [0.3, 0.4) is 0 Å². The average Bonchev–Trinajstić information content (AvgIpc) is 2.49. The molecule has 1 amide bonds. The van der Waals surface area contributed by atoms with Gasteiger partial charge in [0.05, 0.1) is 10.7 Å². The van der Waals surface area contributed by atoms with E-state index in [1.54, 1.807) is 24.3 Å². The topological polar surface area (TPSA) is 52.9 Å². The average molecular weight is 362 g/mol. The van der Waals surface area contributed by atoms with Gasteiger partial charge in [0.2, 0.25) is 0 Å². The monoisotopic (exact) mass is 360 g/mol. The molecule has 0 fully saturated rings. The fourth-order valence-electron chi connectivity index (χ4n) is 1.63. The van der Waals surface area contributed by atoms with Crippen molar-refractivity contribution in [3.8, 4) is 6.07 Å². The molecule has 21 heavy (non-hydrogen) atoms. The molecule has 3 nitrogen and oxygen atoms in total. The number of hydrogen-bond acceptors (Lipinski definition) is 2. The van der Waals surface area contributed by atoms with Gasteiger partial charge in [-0.3, -0.25) is 4.79 Å². The van der Waals surface area contributed by atoms with Gasteiger partial charge in [0.1, 0.15) is 11.6 Å². The Hall–Kier alpha value is -2.09. The first-order valence-electron chi connectivity index (χ1n) is 6.03. The number of anilines is 1. The second-order valence-corrected chi connectivity index (χ2v) is 5.48. The van der Waals surface area contributed by atoms with E-state index in [2.05, 4.69) is 21.2 Å². The predicted octanol–water partition coefficient (Wildman–Crippen LogP) is 4.65. The van der Waals surface area contributed by atoms with Crippen LogP contribution in [0.5, 0.6) is 0 Å². The summed E-state index contributed by atoms with van der Waals surface area (Å²) >= 11 is 9.30. The van der Waals surface area contributed by atoms with E-state index in [0.29, 0.717) is 10.7 Å². The van der Waals surface area contributed by atoms with Gasteiger partial charge >= 0.3 is 0 Å². The van der Waals surface area contributed by atoms with Crippen LogP contribution in [0.15, 0.2) is 58.6 Å². The zero-order valence-electron chi connectivity index (χ0n) is 10.8. The van der Waals surface area contributed by atoms with Gasteiger partial charge in [-0.1, -0.05) is 51.8 Å². The fraction of sp³-hybridized carbons (Fsp3) is 0. The van der Waals surface area contributed by atoms with Gasteiger partial charge in [-0.15, -0.1) is 0 Å². The third-order valence-electron chi connectivity index (χ3n) is 2.67. The molecule has 2 aromatic carbocycles. The first kappa shape index (κ1) is 15.3. The number of nitrogens with one attached hydrogen (secondary N) is 1. The first-order chi connectivity index (χ1) is 10.1. The van der Waals surface area contributed by atoms with Crippen LogP contribution in [0, 0.1) is 11.3 Å². The van der Waals surface area contributed by atoms with E-state index in [0.717, 1.165) is 10.0 Å².